The van der Waals surface area contributed by atoms with Gasteiger partial charge in [0.25, 0.3) is 5.91 Å². The molecule has 1 aromatic rings. The number of sulfonamides is 1. The van der Waals surface area contributed by atoms with Crippen LogP contribution in [0.15, 0.2) is 22.9 Å². The quantitative estimate of drug-likeness (QED) is 0.585. The van der Waals surface area contributed by atoms with Crippen LogP contribution < -0.4 is 10.0 Å². The highest BCUT2D eigenvalue weighted by molar-refractivity contribution is 9.10. The molecule has 0 spiro atoms. The zero-order valence-electron chi connectivity index (χ0n) is 9.81. The zero-order chi connectivity index (χ0) is 13.6. The third-order valence-corrected chi connectivity index (χ3v) is 3.19. The van der Waals surface area contributed by atoms with Crippen LogP contribution in [0.5, 0.6) is 0 Å². The first-order valence-electron chi connectivity index (χ1n) is 5.23. The fourth-order valence-corrected chi connectivity index (χ4v) is 1.91. The van der Waals surface area contributed by atoms with Gasteiger partial charge in [0.2, 0.25) is 10.0 Å². The predicted molar refractivity (Wildman–Crippen MR) is 71.7 cm³/mol. The largest absolute Gasteiger partial charge is 0.352 e. The van der Waals surface area contributed by atoms with Crippen LogP contribution in [0, 0.1) is 0 Å². The van der Waals surface area contributed by atoms with Crippen LogP contribution in [0.3, 0.4) is 0 Å². The van der Waals surface area contributed by atoms with Crippen molar-refractivity contribution in [3.8, 4) is 0 Å². The summed E-state index contributed by atoms with van der Waals surface area (Å²) in [4.78, 5) is 15.6. The lowest BCUT2D eigenvalue weighted by atomic mass is 10.2. The fourth-order valence-electron chi connectivity index (χ4n) is 1.16. The highest BCUT2D eigenvalue weighted by Crippen LogP contribution is 2.05. The molecule has 0 atom stereocenters. The van der Waals surface area contributed by atoms with E-state index in [2.05, 4.69) is 31.0 Å². The average molecular weight is 336 g/mol. The molecule has 0 unspecified atom stereocenters. The molecule has 0 radical (unpaired) electrons. The monoisotopic (exact) mass is 335 g/mol. The Morgan fingerprint density at radius 3 is 2.67 bits per heavy atom. The number of halogens is 1. The van der Waals surface area contributed by atoms with E-state index in [-0.39, 0.29) is 5.91 Å². The second-order valence-corrected chi connectivity index (χ2v) is 6.29. The van der Waals surface area contributed by atoms with E-state index in [0.29, 0.717) is 29.7 Å². The van der Waals surface area contributed by atoms with Crippen molar-refractivity contribution in [2.45, 2.75) is 6.42 Å². The number of rotatable bonds is 6. The second-order valence-electron chi connectivity index (χ2n) is 3.65. The van der Waals surface area contributed by atoms with E-state index in [1.807, 2.05) is 0 Å². The molecule has 100 valence electrons. The number of carbonyl (C=O) groups is 1. The van der Waals surface area contributed by atoms with Gasteiger partial charge < -0.3 is 5.32 Å². The summed E-state index contributed by atoms with van der Waals surface area (Å²) in [7, 11) is -3.16. The minimum Gasteiger partial charge on any atom is -0.352 e. The van der Waals surface area contributed by atoms with Crippen LogP contribution in [0.25, 0.3) is 0 Å². The van der Waals surface area contributed by atoms with Crippen LogP contribution in [-0.4, -0.2) is 38.7 Å². The van der Waals surface area contributed by atoms with E-state index in [1.165, 1.54) is 6.20 Å². The van der Waals surface area contributed by atoms with Gasteiger partial charge in [0.15, 0.2) is 0 Å². The van der Waals surface area contributed by atoms with Gasteiger partial charge in [-0.15, -0.1) is 0 Å². The van der Waals surface area contributed by atoms with Crippen molar-refractivity contribution in [2.75, 3.05) is 19.3 Å². The molecule has 1 rings (SSSR count). The van der Waals surface area contributed by atoms with E-state index in [4.69, 9.17) is 0 Å². The summed E-state index contributed by atoms with van der Waals surface area (Å²) in [5.41, 5.74) is 0.467. The Hall–Kier alpha value is -0.990. The maximum absolute atomic E-state index is 11.6. The van der Waals surface area contributed by atoms with Crippen molar-refractivity contribution in [3.63, 3.8) is 0 Å². The van der Waals surface area contributed by atoms with Crippen molar-refractivity contribution in [2.24, 2.45) is 0 Å². The van der Waals surface area contributed by atoms with Gasteiger partial charge in [0, 0.05) is 19.3 Å². The molecule has 0 aliphatic heterocycles. The Morgan fingerprint density at radius 2 is 2.11 bits per heavy atom. The molecule has 8 heteroatoms. The van der Waals surface area contributed by atoms with Gasteiger partial charge >= 0.3 is 0 Å². The number of hydrogen-bond donors (Lipinski definition) is 2. The van der Waals surface area contributed by atoms with E-state index in [1.54, 1.807) is 12.1 Å². The number of carbonyl (C=O) groups excluding carboxylic acids is 1. The summed E-state index contributed by atoms with van der Waals surface area (Å²) in [6.45, 7) is 0.703. The van der Waals surface area contributed by atoms with Crippen molar-refractivity contribution in [1.82, 2.24) is 15.0 Å². The van der Waals surface area contributed by atoms with Crippen LogP contribution in [0.2, 0.25) is 0 Å². The third-order valence-electron chi connectivity index (χ3n) is 1.99. The number of pyridine rings is 1. The molecule has 0 fully saturated rings. The van der Waals surface area contributed by atoms with Gasteiger partial charge in [-0.1, -0.05) is 0 Å². The molecule has 0 saturated carbocycles. The first-order valence-corrected chi connectivity index (χ1v) is 7.91. The third kappa shape index (κ3) is 6.08. The summed E-state index contributed by atoms with van der Waals surface area (Å²) in [5.74, 6) is -0.227. The van der Waals surface area contributed by atoms with E-state index in [0.717, 1.165) is 6.26 Å². The second kappa shape index (κ2) is 6.81. The number of nitrogens with zero attached hydrogens (tertiary/aromatic N) is 1. The van der Waals surface area contributed by atoms with Crippen LogP contribution in [0.4, 0.5) is 0 Å². The number of amides is 1. The van der Waals surface area contributed by atoms with Gasteiger partial charge in [0.1, 0.15) is 4.60 Å². The Balaban J connectivity index is 2.28. The van der Waals surface area contributed by atoms with Gasteiger partial charge in [-0.05, 0) is 34.5 Å². The summed E-state index contributed by atoms with van der Waals surface area (Å²) in [6.07, 6.45) is 3.09. The molecule has 2 N–H and O–H groups in total. The highest BCUT2D eigenvalue weighted by Gasteiger charge is 2.05. The predicted octanol–water partition coefficient (Wildman–Crippen LogP) is 0.513. The molecule has 18 heavy (non-hydrogen) atoms. The first-order chi connectivity index (χ1) is 8.38. The topological polar surface area (TPSA) is 88.2 Å². The molecule has 1 aromatic heterocycles. The average Bonchev–Trinajstić information content (AvgIpc) is 2.27. The SMILES string of the molecule is CS(=O)(=O)NCCCNC(=O)c1ccc(Br)nc1. The summed E-state index contributed by atoms with van der Waals surface area (Å²) < 4.78 is 24.5. The Kier molecular flexibility index (Phi) is 5.70. The molecule has 6 nitrogen and oxygen atoms in total. The maximum atomic E-state index is 11.6. The Morgan fingerprint density at radius 1 is 1.39 bits per heavy atom. The molecule has 0 aliphatic carbocycles. The summed E-state index contributed by atoms with van der Waals surface area (Å²) >= 11 is 3.18. The van der Waals surface area contributed by atoms with Crippen LogP contribution in [-0.2, 0) is 10.0 Å². The maximum Gasteiger partial charge on any atom is 0.252 e. The molecule has 0 aliphatic rings. The molecule has 1 amide bonds. The summed E-state index contributed by atoms with van der Waals surface area (Å²) in [5, 5.41) is 2.68. The lowest BCUT2D eigenvalue weighted by Crippen LogP contribution is -2.29. The first kappa shape index (κ1) is 15.1. The lowest BCUT2D eigenvalue weighted by Gasteiger charge is -2.05. The lowest BCUT2D eigenvalue weighted by molar-refractivity contribution is 0.0953. The standard InChI is InChI=1S/C10H14BrN3O3S/c1-18(16,17)14-6-2-5-12-10(15)8-3-4-9(11)13-7-8/h3-4,7,14H,2,5-6H2,1H3,(H,12,15). The summed E-state index contributed by atoms with van der Waals surface area (Å²) in [6, 6.07) is 3.33. The van der Waals surface area contributed by atoms with Gasteiger partial charge in [-0.3, -0.25) is 4.79 Å². The number of hydrogen-bond acceptors (Lipinski definition) is 4. The molecular formula is C10H14BrN3O3S. The molecule has 0 saturated heterocycles. The Bertz CT molecular complexity index is 502. The Labute approximate surface area is 114 Å². The minimum absolute atomic E-state index is 0.227. The van der Waals surface area contributed by atoms with Crippen molar-refractivity contribution in [3.05, 3.63) is 28.5 Å². The zero-order valence-corrected chi connectivity index (χ0v) is 12.2. The van der Waals surface area contributed by atoms with Crippen molar-refractivity contribution in [1.29, 1.82) is 0 Å². The van der Waals surface area contributed by atoms with Crippen LogP contribution in [0.1, 0.15) is 16.8 Å². The number of nitrogens with one attached hydrogen (secondary N) is 2. The fraction of sp³-hybridized carbons (Fsp3) is 0.400. The van der Waals surface area contributed by atoms with Gasteiger partial charge in [0.05, 0.1) is 11.8 Å². The number of aromatic nitrogens is 1. The molecule has 0 bridgehead atoms. The molecule has 1 heterocycles. The van der Waals surface area contributed by atoms with Gasteiger partial charge in [-0.25, -0.2) is 18.1 Å². The highest BCUT2D eigenvalue weighted by atomic mass is 79.9. The van der Waals surface area contributed by atoms with Crippen molar-refractivity contribution < 1.29 is 13.2 Å². The van der Waals surface area contributed by atoms with E-state index < -0.39 is 10.0 Å². The van der Waals surface area contributed by atoms with Crippen LogP contribution >= 0.6 is 15.9 Å². The van der Waals surface area contributed by atoms with Gasteiger partial charge in [-0.2, -0.15) is 0 Å². The normalized spacial score (nSPS) is 11.2. The smallest absolute Gasteiger partial charge is 0.252 e. The van der Waals surface area contributed by atoms with E-state index in [9.17, 15) is 13.2 Å². The minimum atomic E-state index is -3.16. The molecule has 0 aromatic carbocycles. The van der Waals surface area contributed by atoms with E-state index >= 15 is 0 Å². The molecular weight excluding hydrogens is 322 g/mol. The van der Waals surface area contributed by atoms with Crippen molar-refractivity contribution >= 4 is 31.9 Å².